The lowest BCUT2D eigenvalue weighted by Gasteiger charge is -2.41. The molecular weight excluding hydrogens is 636 g/mol. The number of aliphatic hydroxyl groups is 1. The van der Waals surface area contributed by atoms with Crippen LogP contribution in [0.2, 0.25) is 0 Å². The Kier molecular flexibility index (Phi) is 8.86. The number of Topliss-reactive ketones (excluding diaryl/α,β-unsaturated/α-hetero) is 2. The Labute approximate surface area is 273 Å². The third-order valence-electron chi connectivity index (χ3n) is 9.02. The predicted molar refractivity (Wildman–Crippen MR) is 160 cm³/mol. The summed E-state index contributed by atoms with van der Waals surface area (Å²) >= 11 is 0. The number of rotatable bonds is 8. The highest BCUT2D eigenvalue weighted by Gasteiger charge is 2.61. The minimum Gasteiger partial charge on any atom is -0.507 e. The van der Waals surface area contributed by atoms with E-state index in [0.717, 1.165) is 21.3 Å². The minimum atomic E-state index is -2.27. The van der Waals surface area contributed by atoms with Gasteiger partial charge in [-0.15, -0.1) is 0 Å². The van der Waals surface area contributed by atoms with E-state index in [0.29, 0.717) is 0 Å². The summed E-state index contributed by atoms with van der Waals surface area (Å²) in [7, 11) is 3.25. The molecule has 15 nitrogen and oxygen atoms in total. The number of aliphatic hydroxyl groups excluding tert-OH is 1. The zero-order valence-corrected chi connectivity index (χ0v) is 26.7. The van der Waals surface area contributed by atoms with E-state index in [9.17, 15) is 44.1 Å². The van der Waals surface area contributed by atoms with Crippen LogP contribution < -0.4 is 9.47 Å². The van der Waals surface area contributed by atoms with Crippen molar-refractivity contribution in [3.8, 4) is 34.1 Å². The summed E-state index contributed by atoms with van der Waals surface area (Å²) in [6, 6.07) is 3.79. The van der Waals surface area contributed by atoms with Crippen LogP contribution in [0, 0.1) is 12.8 Å². The molecule has 2 aromatic carbocycles. The van der Waals surface area contributed by atoms with E-state index in [4.69, 9.17) is 23.7 Å². The molecule has 3 heterocycles. The molecule has 5 rings (SSSR count). The quantitative estimate of drug-likeness (QED) is 0.271. The van der Waals surface area contributed by atoms with Crippen molar-refractivity contribution < 1.29 is 72.5 Å². The average Bonchev–Trinajstić information content (AvgIpc) is 3.40. The lowest BCUT2D eigenvalue weighted by atomic mass is 9.79. The largest absolute Gasteiger partial charge is 0.507 e. The number of hydrogen-bond acceptors (Lipinski definition) is 15. The van der Waals surface area contributed by atoms with Gasteiger partial charge in [-0.1, -0.05) is 6.92 Å². The van der Waals surface area contributed by atoms with Crippen molar-refractivity contribution in [2.45, 2.75) is 69.4 Å². The summed E-state index contributed by atoms with van der Waals surface area (Å²) < 4.78 is 32.1. The van der Waals surface area contributed by atoms with E-state index < -0.39 is 89.1 Å². The highest BCUT2D eigenvalue weighted by Crippen LogP contribution is 2.53. The van der Waals surface area contributed by atoms with E-state index in [1.54, 1.807) is 6.92 Å². The average molecular weight is 671 g/mol. The summed E-state index contributed by atoms with van der Waals surface area (Å²) in [5.41, 5.74) is -4.97. The molecule has 2 aromatic rings. The molecule has 3 N–H and O–H groups in total. The maximum Gasteiger partial charge on any atom is 0.354 e. The Bertz CT molecular complexity index is 1740. The molecule has 0 amide bonds. The molecular formula is C33H34O15. The van der Waals surface area contributed by atoms with Crippen LogP contribution in [0.1, 0.15) is 65.3 Å². The Morgan fingerprint density at radius 3 is 2.21 bits per heavy atom. The van der Waals surface area contributed by atoms with Gasteiger partial charge in [-0.2, -0.15) is 0 Å². The first-order chi connectivity index (χ1) is 22.6. The van der Waals surface area contributed by atoms with Gasteiger partial charge in [-0.25, -0.2) is 9.59 Å². The second-order valence-electron chi connectivity index (χ2n) is 12.0. The minimum absolute atomic E-state index is 0.0189. The molecule has 256 valence electrons. The van der Waals surface area contributed by atoms with Crippen molar-refractivity contribution in [3.63, 3.8) is 0 Å². The van der Waals surface area contributed by atoms with Crippen molar-refractivity contribution in [1.82, 2.24) is 0 Å². The molecule has 1 saturated heterocycles. The van der Waals surface area contributed by atoms with E-state index in [-0.39, 0.29) is 58.6 Å². The van der Waals surface area contributed by atoms with Crippen LogP contribution in [0.15, 0.2) is 18.2 Å². The second-order valence-corrected chi connectivity index (χ2v) is 12.0. The van der Waals surface area contributed by atoms with Gasteiger partial charge in [0.1, 0.15) is 40.2 Å². The first kappa shape index (κ1) is 34.2. The molecule has 5 unspecified atom stereocenters. The molecule has 3 aliphatic heterocycles. The monoisotopic (exact) mass is 670 g/mol. The van der Waals surface area contributed by atoms with Crippen LogP contribution in [0.25, 0.3) is 11.1 Å². The van der Waals surface area contributed by atoms with Gasteiger partial charge in [0.15, 0.2) is 17.7 Å². The molecule has 15 heteroatoms. The fourth-order valence-corrected chi connectivity index (χ4v) is 6.70. The number of methoxy groups -OCH3 is 3. The molecule has 0 radical (unpaired) electrons. The molecule has 0 spiro atoms. The molecule has 48 heavy (non-hydrogen) atoms. The maximum atomic E-state index is 13.7. The summed E-state index contributed by atoms with van der Waals surface area (Å²) in [5, 5.41) is 33.4. The SMILES string of the molecule is COC(=O)CCC(O)C1(C(=O)OC)CC(=O)c2c(cc(C)c(-c3ccc(O)c4c3OC(C(=O)OC)(C3OC(=O)CC3C)CC4=O)c2O)O1. The van der Waals surface area contributed by atoms with Crippen molar-refractivity contribution >= 4 is 35.4 Å². The van der Waals surface area contributed by atoms with Crippen molar-refractivity contribution in [2.75, 3.05) is 21.3 Å². The summed E-state index contributed by atoms with van der Waals surface area (Å²) in [6.07, 6.45) is -5.06. The molecule has 0 saturated carbocycles. The number of phenols is 2. The second kappa shape index (κ2) is 12.4. The number of aromatic hydroxyl groups is 2. The van der Waals surface area contributed by atoms with E-state index in [2.05, 4.69) is 4.74 Å². The molecule has 5 atom stereocenters. The van der Waals surface area contributed by atoms with Crippen LogP contribution in [0.4, 0.5) is 0 Å². The van der Waals surface area contributed by atoms with Gasteiger partial charge in [-0.3, -0.25) is 19.2 Å². The number of carbonyl (C=O) groups is 6. The lowest BCUT2D eigenvalue weighted by molar-refractivity contribution is -0.177. The van der Waals surface area contributed by atoms with Gasteiger partial charge in [-0.05, 0) is 37.1 Å². The van der Waals surface area contributed by atoms with Gasteiger partial charge >= 0.3 is 23.9 Å². The Balaban J connectivity index is 1.65. The number of ether oxygens (including phenoxy) is 6. The smallest absolute Gasteiger partial charge is 0.354 e. The van der Waals surface area contributed by atoms with Gasteiger partial charge < -0.3 is 43.7 Å². The fraction of sp³-hybridized carbons (Fsp3) is 0.455. The Morgan fingerprint density at radius 1 is 0.938 bits per heavy atom. The zero-order chi connectivity index (χ0) is 35.3. The number of fused-ring (bicyclic) bond motifs is 2. The summed E-state index contributed by atoms with van der Waals surface area (Å²) in [6.45, 7) is 3.14. The lowest BCUT2D eigenvalue weighted by Crippen LogP contribution is -2.59. The highest BCUT2D eigenvalue weighted by atomic mass is 16.6. The standard InChI is InChI=1S/C33H34O15/c1-14-10-20-26(19(36)12-32(47-20,30(41)44-4)21(37)8-9-22(38)43-3)27(40)24(14)16-6-7-17(34)25-18(35)13-33(31(42)45-5,48-28(16)25)29-15(2)11-23(39)46-29/h6-7,10,15,21,29,34,37,40H,8-9,11-13H2,1-5H3. The Morgan fingerprint density at radius 2 is 1.60 bits per heavy atom. The third-order valence-corrected chi connectivity index (χ3v) is 9.02. The number of esters is 4. The van der Waals surface area contributed by atoms with Gasteiger partial charge in [0.05, 0.1) is 40.6 Å². The number of benzene rings is 2. The maximum absolute atomic E-state index is 13.7. The van der Waals surface area contributed by atoms with Gasteiger partial charge in [0, 0.05) is 23.5 Å². The van der Waals surface area contributed by atoms with Crippen LogP contribution >= 0.6 is 0 Å². The molecule has 0 aromatic heterocycles. The summed E-state index contributed by atoms with van der Waals surface area (Å²) in [5.74, 6) is -7.32. The summed E-state index contributed by atoms with van der Waals surface area (Å²) in [4.78, 5) is 77.6. The number of phenolic OH excluding ortho intramolecular Hbond substituents is 2. The molecule has 1 fully saturated rings. The molecule has 3 aliphatic rings. The zero-order valence-electron chi connectivity index (χ0n) is 26.7. The fourth-order valence-electron chi connectivity index (χ4n) is 6.70. The first-order valence-electron chi connectivity index (χ1n) is 14.9. The van der Waals surface area contributed by atoms with E-state index in [1.807, 2.05) is 0 Å². The Hall–Kier alpha value is -5.18. The topological polar surface area (TPSA) is 218 Å². The first-order valence-corrected chi connectivity index (χ1v) is 14.9. The molecule has 0 aliphatic carbocycles. The van der Waals surface area contributed by atoms with Crippen LogP contribution in [-0.2, 0) is 38.1 Å². The van der Waals surface area contributed by atoms with E-state index >= 15 is 0 Å². The third kappa shape index (κ3) is 5.27. The predicted octanol–water partition coefficient (Wildman–Crippen LogP) is 2.09. The number of carbonyl (C=O) groups excluding carboxylic acids is 6. The van der Waals surface area contributed by atoms with E-state index in [1.165, 1.54) is 25.1 Å². The number of cyclic esters (lactones) is 1. The van der Waals surface area contributed by atoms with Crippen LogP contribution in [-0.4, -0.2) is 95.5 Å². The van der Waals surface area contributed by atoms with Crippen molar-refractivity contribution in [3.05, 3.63) is 34.9 Å². The van der Waals surface area contributed by atoms with Gasteiger partial charge in [0.25, 0.3) is 0 Å². The number of aryl methyl sites for hydroxylation is 1. The van der Waals surface area contributed by atoms with Gasteiger partial charge in [0.2, 0.25) is 11.2 Å². The normalized spacial score (nSPS) is 25.1. The number of ketones is 2. The van der Waals surface area contributed by atoms with Crippen molar-refractivity contribution in [2.24, 2.45) is 5.92 Å². The van der Waals surface area contributed by atoms with Crippen molar-refractivity contribution in [1.29, 1.82) is 0 Å². The number of hydrogen-bond donors (Lipinski definition) is 3. The van der Waals surface area contributed by atoms with Crippen LogP contribution in [0.5, 0.6) is 23.0 Å². The van der Waals surface area contributed by atoms with Crippen LogP contribution in [0.3, 0.4) is 0 Å². The molecule has 0 bridgehead atoms. The highest BCUT2D eigenvalue weighted by molar-refractivity contribution is 6.11.